The number of carbonyl (C=O) groups excluding carboxylic acids is 1. The molecule has 1 fully saturated rings. The summed E-state index contributed by atoms with van der Waals surface area (Å²) >= 11 is 0. The van der Waals surface area contributed by atoms with Crippen molar-refractivity contribution in [3.05, 3.63) is 47.6 Å². The minimum atomic E-state index is -0.607. The molecule has 0 radical (unpaired) electrons. The van der Waals surface area contributed by atoms with Crippen LogP contribution in [0.15, 0.2) is 34.9 Å². The van der Waals surface area contributed by atoms with Crippen molar-refractivity contribution in [3.63, 3.8) is 0 Å². The van der Waals surface area contributed by atoms with E-state index in [0.29, 0.717) is 24.2 Å². The van der Waals surface area contributed by atoms with Crippen LogP contribution in [0.2, 0.25) is 0 Å². The van der Waals surface area contributed by atoms with Gasteiger partial charge in [0.15, 0.2) is 11.9 Å². The van der Waals surface area contributed by atoms with Crippen LogP contribution in [-0.4, -0.2) is 27.3 Å². The summed E-state index contributed by atoms with van der Waals surface area (Å²) in [6, 6.07) is 8.74. The normalized spacial score (nSPS) is 22.4. The molecular formula is C15H16N2O4. The average molecular weight is 288 g/mol. The van der Waals surface area contributed by atoms with Gasteiger partial charge in [0.25, 0.3) is 5.89 Å². The van der Waals surface area contributed by atoms with E-state index in [1.165, 1.54) is 0 Å². The van der Waals surface area contributed by atoms with Gasteiger partial charge in [-0.05, 0) is 31.9 Å². The topological polar surface area (TPSA) is 85.5 Å². The van der Waals surface area contributed by atoms with Gasteiger partial charge in [0.1, 0.15) is 0 Å². The third kappa shape index (κ3) is 2.95. The van der Waals surface area contributed by atoms with E-state index in [4.69, 9.17) is 9.26 Å². The van der Waals surface area contributed by atoms with Crippen LogP contribution in [0.4, 0.5) is 0 Å². The monoisotopic (exact) mass is 288 g/mol. The van der Waals surface area contributed by atoms with Gasteiger partial charge < -0.3 is 14.4 Å². The second kappa shape index (κ2) is 5.65. The van der Waals surface area contributed by atoms with Crippen molar-refractivity contribution in [2.24, 2.45) is 0 Å². The van der Waals surface area contributed by atoms with Gasteiger partial charge >= 0.3 is 5.97 Å². The molecule has 1 aliphatic carbocycles. The number of esters is 1. The lowest BCUT2D eigenvalue weighted by Gasteiger charge is -2.28. The average Bonchev–Trinajstić information content (AvgIpc) is 2.94. The zero-order valence-corrected chi connectivity index (χ0v) is 11.6. The highest BCUT2D eigenvalue weighted by atomic mass is 16.6. The van der Waals surface area contributed by atoms with E-state index < -0.39 is 12.1 Å². The van der Waals surface area contributed by atoms with Gasteiger partial charge in [-0.25, -0.2) is 4.79 Å². The summed E-state index contributed by atoms with van der Waals surface area (Å²) < 4.78 is 10.4. The molecule has 1 aromatic carbocycles. The first-order chi connectivity index (χ1) is 10.1. The lowest BCUT2D eigenvalue weighted by molar-refractivity contribution is 0.0265. The molecule has 0 aliphatic heterocycles. The first kappa shape index (κ1) is 13.8. The molecule has 21 heavy (non-hydrogen) atoms. The Kier molecular flexibility index (Phi) is 3.70. The lowest BCUT2D eigenvalue weighted by Crippen LogP contribution is -2.27. The predicted octanol–water partition coefficient (Wildman–Crippen LogP) is 2.23. The fourth-order valence-corrected chi connectivity index (χ4v) is 2.23. The molecule has 110 valence electrons. The Hall–Kier alpha value is -2.21. The number of benzene rings is 1. The van der Waals surface area contributed by atoms with Crippen molar-refractivity contribution >= 4 is 5.97 Å². The zero-order valence-electron chi connectivity index (χ0n) is 11.6. The Labute approximate surface area is 121 Å². The smallest absolute Gasteiger partial charge is 0.338 e. The highest BCUT2D eigenvalue weighted by Crippen LogP contribution is 2.35. The number of carbonyl (C=O) groups is 1. The highest BCUT2D eigenvalue weighted by molar-refractivity contribution is 5.89. The lowest BCUT2D eigenvalue weighted by atomic mass is 9.82. The summed E-state index contributed by atoms with van der Waals surface area (Å²) in [4.78, 5) is 16.2. The summed E-state index contributed by atoms with van der Waals surface area (Å²) in [5, 5.41) is 13.2. The summed E-state index contributed by atoms with van der Waals surface area (Å²) in [6.45, 7) is 1.69. The van der Waals surface area contributed by atoms with Crippen molar-refractivity contribution in [2.45, 2.75) is 37.9 Å². The third-order valence-electron chi connectivity index (χ3n) is 3.58. The number of hydrogen-bond donors (Lipinski definition) is 1. The van der Waals surface area contributed by atoms with E-state index in [1.807, 2.05) is 6.07 Å². The van der Waals surface area contributed by atoms with Gasteiger partial charge in [0, 0.05) is 5.92 Å². The third-order valence-corrected chi connectivity index (χ3v) is 3.58. The van der Waals surface area contributed by atoms with Gasteiger partial charge in [-0.2, -0.15) is 4.98 Å². The van der Waals surface area contributed by atoms with Gasteiger partial charge in [-0.1, -0.05) is 23.4 Å². The summed E-state index contributed by atoms with van der Waals surface area (Å²) in [5.74, 6) is 0.546. The maximum Gasteiger partial charge on any atom is 0.338 e. The largest absolute Gasteiger partial charge is 0.449 e. The molecule has 2 aromatic rings. The van der Waals surface area contributed by atoms with Crippen LogP contribution < -0.4 is 0 Å². The summed E-state index contributed by atoms with van der Waals surface area (Å²) in [7, 11) is 0. The van der Waals surface area contributed by atoms with Crippen LogP contribution >= 0.6 is 0 Å². The fraction of sp³-hybridized carbons (Fsp3) is 0.400. The Morgan fingerprint density at radius 3 is 2.76 bits per heavy atom. The van der Waals surface area contributed by atoms with Crippen LogP contribution in [0.25, 0.3) is 0 Å². The molecule has 3 rings (SSSR count). The number of aliphatic hydroxyl groups is 1. The second-order valence-corrected chi connectivity index (χ2v) is 5.23. The molecule has 1 saturated carbocycles. The van der Waals surface area contributed by atoms with Crippen LogP contribution in [0.5, 0.6) is 0 Å². The van der Waals surface area contributed by atoms with Gasteiger partial charge in [-0.15, -0.1) is 0 Å². The highest BCUT2D eigenvalue weighted by Gasteiger charge is 2.33. The van der Waals surface area contributed by atoms with Crippen LogP contribution in [0, 0.1) is 0 Å². The SMILES string of the molecule is CC(OC(=O)c1ccccc1)c1nc(C2CC(O)C2)no1. The molecular weight excluding hydrogens is 272 g/mol. The maximum atomic E-state index is 11.9. The number of nitrogens with zero attached hydrogens (tertiary/aromatic N) is 2. The van der Waals surface area contributed by atoms with Crippen LogP contribution in [0.3, 0.4) is 0 Å². The van der Waals surface area contributed by atoms with Crippen molar-refractivity contribution in [1.29, 1.82) is 0 Å². The van der Waals surface area contributed by atoms with Gasteiger partial charge in [0.2, 0.25) is 0 Å². The van der Waals surface area contributed by atoms with E-state index in [0.717, 1.165) is 0 Å². The molecule has 1 atom stereocenters. The Morgan fingerprint density at radius 1 is 1.38 bits per heavy atom. The summed E-state index contributed by atoms with van der Waals surface area (Å²) in [5.41, 5.74) is 0.478. The molecule has 1 heterocycles. The van der Waals surface area contributed by atoms with Gasteiger partial charge in [-0.3, -0.25) is 0 Å². The molecule has 0 spiro atoms. The number of rotatable bonds is 4. The van der Waals surface area contributed by atoms with E-state index >= 15 is 0 Å². The Morgan fingerprint density at radius 2 is 2.10 bits per heavy atom. The van der Waals surface area contributed by atoms with Crippen molar-refractivity contribution in [3.8, 4) is 0 Å². The minimum Gasteiger partial charge on any atom is -0.449 e. The Bertz CT molecular complexity index is 620. The minimum absolute atomic E-state index is 0.134. The zero-order chi connectivity index (χ0) is 14.8. The van der Waals surface area contributed by atoms with Crippen molar-refractivity contribution in [2.75, 3.05) is 0 Å². The number of aliphatic hydroxyl groups excluding tert-OH is 1. The standard InChI is InChI=1S/C15H16N2O4/c1-9(20-15(19)10-5-3-2-4-6-10)14-16-13(17-21-14)11-7-12(18)8-11/h2-6,9,11-12,18H,7-8H2,1H3. The molecule has 6 nitrogen and oxygen atoms in total. The van der Waals surface area contributed by atoms with Gasteiger partial charge in [0.05, 0.1) is 11.7 Å². The van der Waals surface area contributed by atoms with Crippen LogP contribution in [0.1, 0.15) is 53.9 Å². The molecule has 1 N–H and O–H groups in total. The molecule has 0 bridgehead atoms. The van der Waals surface area contributed by atoms with E-state index in [1.54, 1.807) is 31.2 Å². The van der Waals surface area contributed by atoms with Crippen molar-refractivity contribution in [1.82, 2.24) is 10.1 Å². The molecule has 0 amide bonds. The molecule has 0 saturated heterocycles. The maximum absolute atomic E-state index is 11.9. The summed E-state index contributed by atoms with van der Waals surface area (Å²) in [6.07, 6.45) is 0.420. The number of aromatic nitrogens is 2. The van der Waals surface area contributed by atoms with Crippen LogP contribution in [-0.2, 0) is 4.74 Å². The quantitative estimate of drug-likeness (QED) is 0.868. The predicted molar refractivity (Wildman–Crippen MR) is 72.6 cm³/mol. The Balaban J connectivity index is 1.63. The molecule has 1 aromatic heterocycles. The second-order valence-electron chi connectivity index (χ2n) is 5.23. The van der Waals surface area contributed by atoms with E-state index in [-0.39, 0.29) is 17.9 Å². The first-order valence-corrected chi connectivity index (χ1v) is 6.91. The molecule has 6 heteroatoms. The molecule has 1 unspecified atom stereocenters. The number of hydrogen-bond acceptors (Lipinski definition) is 6. The van der Waals surface area contributed by atoms with E-state index in [9.17, 15) is 9.90 Å². The first-order valence-electron chi connectivity index (χ1n) is 6.91. The van der Waals surface area contributed by atoms with E-state index in [2.05, 4.69) is 10.1 Å². The fourth-order valence-electron chi connectivity index (χ4n) is 2.23. The van der Waals surface area contributed by atoms with Crippen molar-refractivity contribution < 1.29 is 19.2 Å². The molecule has 1 aliphatic rings. The number of ether oxygens (including phenoxy) is 1.